The summed E-state index contributed by atoms with van der Waals surface area (Å²) >= 11 is 5.63. The molecule has 0 fully saturated rings. The van der Waals surface area contributed by atoms with Crippen LogP contribution >= 0.6 is 11.6 Å². The van der Waals surface area contributed by atoms with Crippen molar-refractivity contribution in [2.24, 2.45) is 0 Å². The Morgan fingerprint density at radius 1 is 1.40 bits per heavy atom. The van der Waals surface area contributed by atoms with Crippen molar-refractivity contribution < 1.29 is 13.5 Å². The van der Waals surface area contributed by atoms with Crippen molar-refractivity contribution in [3.63, 3.8) is 0 Å². The predicted octanol–water partition coefficient (Wildman–Crippen LogP) is 0.999. The molecule has 1 rings (SSSR count). The van der Waals surface area contributed by atoms with Crippen molar-refractivity contribution in [1.29, 1.82) is 0 Å². The molecule has 0 aromatic heterocycles. The SMILES string of the molecule is C[C@H](O)CNS(=O)(=O)c1ccc(Cl)cc1. The summed E-state index contributed by atoms with van der Waals surface area (Å²) in [5.74, 6) is 0. The Morgan fingerprint density at radius 3 is 2.40 bits per heavy atom. The Hall–Kier alpha value is -0.620. The Kier molecular flexibility index (Phi) is 4.10. The van der Waals surface area contributed by atoms with Gasteiger partial charge in [0, 0.05) is 11.6 Å². The fourth-order valence-electron chi connectivity index (χ4n) is 0.927. The van der Waals surface area contributed by atoms with E-state index in [0.717, 1.165) is 0 Å². The Balaban J connectivity index is 2.82. The van der Waals surface area contributed by atoms with Gasteiger partial charge in [-0.3, -0.25) is 0 Å². The van der Waals surface area contributed by atoms with E-state index in [1.807, 2.05) is 0 Å². The molecule has 2 N–H and O–H groups in total. The van der Waals surface area contributed by atoms with Crippen molar-refractivity contribution >= 4 is 21.6 Å². The lowest BCUT2D eigenvalue weighted by Crippen LogP contribution is -2.30. The largest absolute Gasteiger partial charge is 0.392 e. The van der Waals surface area contributed by atoms with Gasteiger partial charge in [0.1, 0.15) is 0 Å². The van der Waals surface area contributed by atoms with Gasteiger partial charge >= 0.3 is 0 Å². The highest BCUT2D eigenvalue weighted by Gasteiger charge is 2.13. The van der Waals surface area contributed by atoms with Crippen LogP contribution in [0.3, 0.4) is 0 Å². The maximum atomic E-state index is 11.6. The molecule has 15 heavy (non-hydrogen) atoms. The van der Waals surface area contributed by atoms with Crippen LogP contribution in [0.5, 0.6) is 0 Å². The van der Waals surface area contributed by atoms with Crippen LogP contribution in [-0.4, -0.2) is 26.2 Å². The molecule has 0 heterocycles. The Morgan fingerprint density at radius 2 is 1.93 bits per heavy atom. The van der Waals surface area contributed by atoms with Crippen LogP contribution in [0.25, 0.3) is 0 Å². The second kappa shape index (κ2) is 4.94. The molecule has 0 aliphatic heterocycles. The van der Waals surface area contributed by atoms with Crippen LogP contribution in [0.2, 0.25) is 5.02 Å². The van der Waals surface area contributed by atoms with Gasteiger partial charge in [-0.15, -0.1) is 0 Å². The minimum atomic E-state index is -3.54. The van der Waals surface area contributed by atoms with Crippen LogP contribution in [0.4, 0.5) is 0 Å². The summed E-state index contributed by atoms with van der Waals surface area (Å²) in [6.07, 6.45) is -0.716. The summed E-state index contributed by atoms with van der Waals surface area (Å²) in [6, 6.07) is 5.82. The van der Waals surface area contributed by atoms with E-state index >= 15 is 0 Å². The Bertz CT molecular complexity index is 413. The molecule has 0 amide bonds. The first-order valence-electron chi connectivity index (χ1n) is 4.35. The second-order valence-electron chi connectivity index (χ2n) is 3.15. The molecule has 1 aromatic carbocycles. The molecule has 0 radical (unpaired) electrons. The zero-order valence-corrected chi connectivity index (χ0v) is 9.72. The number of aliphatic hydroxyl groups is 1. The molecule has 1 atom stereocenters. The Labute approximate surface area is 93.9 Å². The van der Waals surface area contributed by atoms with E-state index in [2.05, 4.69) is 4.72 Å². The van der Waals surface area contributed by atoms with E-state index in [1.165, 1.54) is 31.2 Å². The van der Waals surface area contributed by atoms with Crippen molar-refractivity contribution in [3.8, 4) is 0 Å². The minimum Gasteiger partial charge on any atom is -0.392 e. The molecule has 0 saturated carbocycles. The first-order chi connectivity index (χ1) is 6.92. The van der Waals surface area contributed by atoms with Gasteiger partial charge < -0.3 is 5.11 Å². The molecular formula is C9H12ClNO3S. The zero-order valence-electron chi connectivity index (χ0n) is 8.14. The van der Waals surface area contributed by atoms with Crippen LogP contribution < -0.4 is 4.72 Å². The predicted molar refractivity (Wildman–Crippen MR) is 58.3 cm³/mol. The fourth-order valence-corrected chi connectivity index (χ4v) is 2.18. The number of aliphatic hydroxyl groups excluding tert-OH is 1. The number of hydrogen-bond acceptors (Lipinski definition) is 3. The van der Waals surface area contributed by atoms with Crippen molar-refractivity contribution in [2.45, 2.75) is 17.9 Å². The molecule has 6 heteroatoms. The lowest BCUT2D eigenvalue weighted by Gasteiger charge is -2.08. The summed E-state index contributed by atoms with van der Waals surface area (Å²) in [7, 11) is -3.54. The standard InChI is InChI=1S/C9H12ClNO3S/c1-7(12)6-11-15(13,14)9-4-2-8(10)3-5-9/h2-5,7,11-12H,6H2,1H3/t7-/m0/s1. The first-order valence-corrected chi connectivity index (χ1v) is 6.21. The third kappa shape index (κ3) is 3.79. The summed E-state index contributed by atoms with van der Waals surface area (Å²) < 4.78 is 25.4. The van der Waals surface area contributed by atoms with Crippen LogP contribution in [0.1, 0.15) is 6.92 Å². The van der Waals surface area contributed by atoms with Gasteiger partial charge in [-0.25, -0.2) is 13.1 Å². The van der Waals surface area contributed by atoms with Crippen molar-refractivity contribution in [3.05, 3.63) is 29.3 Å². The van der Waals surface area contributed by atoms with Crippen molar-refractivity contribution in [2.75, 3.05) is 6.54 Å². The minimum absolute atomic E-state index is 0.00897. The number of halogens is 1. The third-order valence-electron chi connectivity index (χ3n) is 1.69. The van der Waals surface area contributed by atoms with Crippen LogP contribution in [0, 0.1) is 0 Å². The van der Waals surface area contributed by atoms with E-state index in [-0.39, 0.29) is 11.4 Å². The molecule has 0 aliphatic rings. The van der Waals surface area contributed by atoms with E-state index in [4.69, 9.17) is 16.7 Å². The summed E-state index contributed by atoms with van der Waals surface area (Å²) in [4.78, 5) is 0.132. The lowest BCUT2D eigenvalue weighted by molar-refractivity contribution is 0.198. The molecule has 0 bridgehead atoms. The maximum absolute atomic E-state index is 11.6. The maximum Gasteiger partial charge on any atom is 0.240 e. The highest BCUT2D eigenvalue weighted by Crippen LogP contribution is 2.13. The topological polar surface area (TPSA) is 66.4 Å². The van der Waals surface area contributed by atoms with E-state index in [0.29, 0.717) is 5.02 Å². The van der Waals surface area contributed by atoms with Gasteiger partial charge in [-0.1, -0.05) is 11.6 Å². The summed E-state index contributed by atoms with van der Waals surface area (Å²) in [5.41, 5.74) is 0. The molecule has 84 valence electrons. The molecule has 0 aliphatic carbocycles. The molecule has 0 unspecified atom stereocenters. The quantitative estimate of drug-likeness (QED) is 0.837. The zero-order chi connectivity index (χ0) is 11.5. The lowest BCUT2D eigenvalue weighted by atomic mass is 10.4. The average Bonchev–Trinajstić information content (AvgIpc) is 2.16. The second-order valence-corrected chi connectivity index (χ2v) is 5.36. The highest BCUT2D eigenvalue weighted by molar-refractivity contribution is 7.89. The van der Waals surface area contributed by atoms with Crippen molar-refractivity contribution in [1.82, 2.24) is 4.72 Å². The van der Waals surface area contributed by atoms with Crippen LogP contribution in [0.15, 0.2) is 29.2 Å². The average molecular weight is 250 g/mol. The third-order valence-corrected chi connectivity index (χ3v) is 3.38. The number of benzene rings is 1. The first kappa shape index (κ1) is 12.4. The molecule has 4 nitrogen and oxygen atoms in total. The molecule has 1 aromatic rings. The molecule has 0 saturated heterocycles. The molecule has 0 spiro atoms. The number of nitrogens with one attached hydrogen (secondary N) is 1. The summed E-state index contributed by atoms with van der Waals surface area (Å²) in [5, 5.41) is 9.44. The van der Waals surface area contributed by atoms with Gasteiger partial charge in [0.25, 0.3) is 0 Å². The smallest absolute Gasteiger partial charge is 0.240 e. The summed E-state index contributed by atoms with van der Waals surface area (Å²) in [6.45, 7) is 1.50. The van der Waals surface area contributed by atoms with E-state index in [1.54, 1.807) is 0 Å². The highest BCUT2D eigenvalue weighted by atomic mass is 35.5. The number of hydrogen-bond donors (Lipinski definition) is 2. The van der Waals surface area contributed by atoms with E-state index in [9.17, 15) is 8.42 Å². The van der Waals surface area contributed by atoms with Gasteiger partial charge in [-0.2, -0.15) is 0 Å². The molecular weight excluding hydrogens is 238 g/mol. The van der Waals surface area contributed by atoms with Gasteiger partial charge in [0.15, 0.2) is 0 Å². The van der Waals surface area contributed by atoms with E-state index < -0.39 is 16.1 Å². The number of rotatable bonds is 4. The normalized spacial score (nSPS) is 13.8. The van der Waals surface area contributed by atoms with Gasteiger partial charge in [0.05, 0.1) is 11.0 Å². The fraction of sp³-hybridized carbons (Fsp3) is 0.333. The van der Waals surface area contributed by atoms with Gasteiger partial charge in [0.2, 0.25) is 10.0 Å². The van der Waals surface area contributed by atoms with Gasteiger partial charge in [-0.05, 0) is 31.2 Å². The monoisotopic (exact) mass is 249 g/mol. The number of sulfonamides is 1. The van der Waals surface area contributed by atoms with Crippen LogP contribution in [-0.2, 0) is 10.0 Å².